The topological polar surface area (TPSA) is 96.0 Å². The van der Waals surface area contributed by atoms with Gasteiger partial charge in [-0.25, -0.2) is 8.42 Å². The maximum absolute atomic E-state index is 13.3. The number of ether oxygens (including phenoxy) is 1. The zero-order valence-electron chi connectivity index (χ0n) is 22.2. The third-order valence-electron chi connectivity index (χ3n) is 6.13. The minimum absolute atomic E-state index is 0.103. The average molecular weight is 518 g/mol. The summed E-state index contributed by atoms with van der Waals surface area (Å²) >= 11 is 0. The fraction of sp³-hybridized carbons (Fsp3) is 0.481. The third-order valence-corrected chi connectivity index (χ3v) is 7.33. The molecule has 9 heteroatoms. The molecule has 2 aromatic rings. The lowest BCUT2D eigenvalue weighted by Crippen LogP contribution is -2.47. The van der Waals surface area contributed by atoms with E-state index in [1.807, 2.05) is 57.2 Å². The monoisotopic (exact) mass is 517 g/mol. The van der Waals surface area contributed by atoms with E-state index in [9.17, 15) is 18.0 Å². The van der Waals surface area contributed by atoms with E-state index in [0.717, 1.165) is 23.1 Å². The highest BCUT2D eigenvalue weighted by Crippen LogP contribution is 2.22. The number of nitrogens with zero attached hydrogens (tertiary/aromatic N) is 2. The lowest BCUT2D eigenvalue weighted by Gasteiger charge is -2.29. The molecular formula is C27H39N3O5S. The number of carbonyl (C=O) groups excluding carboxylic acids is 2. The first-order valence-corrected chi connectivity index (χ1v) is 14.1. The van der Waals surface area contributed by atoms with Gasteiger partial charge in [0.05, 0.1) is 19.1 Å². The molecule has 0 fully saturated rings. The maximum atomic E-state index is 13.3. The third kappa shape index (κ3) is 8.26. The van der Waals surface area contributed by atoms with Crippen LogP contribution in [0.3, 0.4) is 0 Å². The fourth-order valence-corrected chi connectivity index (χ4v) is 4.79. The number of sulfonamides is 1. The van der Waals surface area contributed by atoms with Crippen LogP contribution < -0.4 is 14.4 Å². The molecule has 0 aliphatic rings. The largest absolute Gasteiger partial charge is 0.497 e. The summed E-state index contributed by atoms with van der Waals surface area (Å²) < 4.78 is 31.6. The molecule has 0 aromatic heterocycles. The predicted molar refractivity (Wildman–Crippen MR) is 144 cm³/mol. The summed E-state index contributed by atoms with van der Waals surface area (Å²) in [5.74, 6) is 0.228. The second-order valence-corrected chi connectivity index (χ2v) is 11.0. The van der Waals surface area contributed by atoms with Crippen LogP contribution in [-0.2, 0) is 26.2 Å². The highest BCUT2D eigenvalue weighted by Gasteiger charge is 2.26. The van der Waals surface area contributed by atoms with Gasteiger partial charge in [0, 0.05) is 26.1 Å². The van der Waals surface area contributed by atoms with Crippen LogP contribution in [0.4, 0.5) is 5.69 Å². The number of anilines is 1. The van der Waals surface area contributed by atoms with Gasteiger partial charge in [-0.05, 0) is 74.6 Å². The second kappa shape index (κ2) is 13.3. The Balaban J connectivity index is 2.19. The molecule has 2 aromatic carbocycles. The molecule has 1 unspecified atom stereocenters. The van der Waals surface area contributed by atoms with Gasteiger partial charge in [-0.3, -0.25) is 13.9 Å². The van der Waals surface area contributed by atoms with E-state index in [4.69, 9.17) is 4.74 Å². The molecule has 0 aliphatic heterocycles. The molecule has 0 spiro atoms. The van der Waals surface area contributed by atoms with E-state index < -0.39 is 16.1 Å². The van der Waals surface area contributed by atoms with Gasteiger partial charge in [-0.2, -0.15) is 0 Å². The van der Waals surface area contributed by atoms with Crippen molar-refractivity contribution >= 4 is 27.5 Å². The first-order chi connectivity index (χ1) is 17.0. The highest BCUT2D eigenvalue weighted by atomic mass is 32.2. The van der Waals surface area contributed by atoms with Gasteiger partial charge in [0.1, 0.15) is 11.8 Å². The molecule has 2 amide bonds. The molecule has 36 heavy (non-hydrogen) atoms. The van der Waals surface area contributed by atoms with E-state index in [0.29, 0.717) is 24.4 Å². The molecular weight excluding hydrogens is 478 g/mol. The van der Waals surface area contributed by atoms with E-state index in [1.54, 1.807) is 25.0 Å². The van der Waals surface area contributed by atoms with Gasteiger partial charge >= 0.3 is 0 Å². The number of amides is 2. The maximum Gasteiger partial charge on any atom is 0.242 e. The molecule has 0 bridgehead atoms. The Bertz CT molecular complexity index is 1150. The van der Waals surface area contributed by atoms with E-state index in [2.05, 4.69) is 5.32 Å². The molecule has 0 saturated heterocycles. The van der Waals surface area contributed by atoms with Crippen LogP contribution in [0.1, 0.15) is 49.8 Å². The molecule has 1 N–H and O–H groups in total. The summed E-state index contributed by atoms with van der Waals surface area (Å²) in [6.07, 6.45) is 2.38. The van der Waals surface area contributed by atoms with Crippen molar-refractivity contribution in [3.8, 4) is 5.75 Å². The molecule has 198 valence electrons. The van der Waals surface area contributed by atoms with Crippen LogP contribution in [-0.4, -0.2) is 57.6 Å². The Morgan fingerprint density at radius 1 is 1.08 bits per heavy atom. The number of hydrogen-bond donors (Lipinski definition) is 1. The Morgan fingerprint density at radius 2 is 1.81 bits per heavy atom. The van der Waals surface area contributed by atoms with Crippen LogP contribution >= 0.6 is 0 Å². The molecule has 0 aliphatic carbocycles. The number of benzene rings is 2. The van der Waals surface area contributed by atoms with Crippen molar-refractivity contribution < 1.29 is 22.7 Å². The van der Waals surface area contributed by atoms with Crippen molar-refractivity contribution in [1.82, 2.24) is 10.2 Å². The van der Waals surface area contributed by atoms with Crippen molar-refractivity contribution in [2.24, 2.45) is 0 Å². The number of aryl methyl sites for hydroxylation is 2. The van der Waals surface area contributed by atoms with Crippen LogP contribution in [0.25, 0.3) is 0 Å². The lowest BCUT2D eigenvalue weighted by molar-refractivity contribution is -0.140. The van der Waals surface area contributed by atoms with Crippen LogP contribution in [0.15, 0.2) is 42.5 Å². The standard InChI is InChI=1S/C27H39N3O5S/c1-7-15-28-27(32)22(4)29(19-23-10-8-11-25(18-23)35-5)26(31)12-9-16-30(36(6,33)34)24-14-13-20(2)21(3)17-24/h8,10-11,13-14,17-18,22H,7,9,12,15-16,19H2,1-6H3,(H,28,32). The highest BCUT2D eigenvalue weighted by molar-refractivity contribution is 7.92. The molecule has 0 radical (unpaired) electrons. The van der Waals surface area contributed by atoms with Crippen molar-refractivity contribution in [2.75, 3.05) is 30.8 Å². The average Bonchev–Trinajstić information content (AvgIpc) is 2.84. The molecule has 2 rings (SSSR count). The van der Waals surface area contributed by atoms with Gasteiger partial charge in [-0.15, -0.1) is 0 Å². The predicted octanol–water partition coefficient (Wildman–Crippen LogP) is 3.80. The minimum atomic E-state index is -3.53. The Morgan fingerprint density at radius 3 is 2.42 bits per heavy atom. The summed E-state index contributed by atoms with van der Waals surface area (Å²) in [7, 11) is -1.96. The molecule has 1 atom stereocenters. The van der Waals surface area contributed by atoms with Crippen LogP contribution in [0.2, 0.25) is 0 Å². The van der Waals surface area contributed by atoms with Gasteiger partial charge in [0.25, 0.3) is 0 Å². The van der Waals surface area contributed by atoms with E-state index >= 15 is 0 Å². The van der Waals surface area contributed by atoms with E-state index in [1.165, 1.54) is 10.6 Å². The van der Waals surface area contributed by atoms with Crippen LogP contribution in [0.5, 0.6) is 5.75 Å². The zero-order chi connectivity index (χ0) is 26.9. The Kier molecular flexibility index (Phi) is 10.8. The summed E-state index contributed by atoms with van der Waals surface area (Å²) in [5, 5.41) is 2.86. The smallest absolute Gasteiger partial charge is 0.242 e. The summed E-state index contributed by atoms with van der Waals surface area (Å²) in [6.45, 7) is 8.51. The molecule has 8 nitrogen and oxygen atoms in total. The molecule has 0 saturated carbocycles. The minimum Gasteiger partial charge on any atom is -0.497 e. The Hall–Kier alpha value is -3.07. The van der Waals surface area contributed by atoms with Crippen molar-refractivity contribution in [3.63, 3.8) is 0 Å². The number of methoxy groups -OCH3 is 1. The van der Waals surface area contributed by atoms with Gasteiger partial charge < -0.3 is 15.0 Å². The molecule has 0 heterocycles. The van der Waals surface area contributed by atoms with Gasteiger partial charge in [0.15, 0.2) is 0 Å². The quantitative estimate of drug-likeness (QED) is 0.436. The van der Waals surface area contributed by atoms with E-state index in [-0.39, 0.29) is 31.3 Å². The summed E-state index contributed by atoms with van der Waals surface area (Å²) in [5.41, 5.74) is 3.49. The number of hydrogen-bond acceptors (Lipinski definition) is 5. The lowest BCUT2D eigenvalue weighted by atomic mass is 10.1. The SMILES string of the molecule is CCCNC(=O)C(C)N(Cc1cccc(OC)c1)C(=O)CCCN(c1ccc(C)c(C)c1)S(C)(=O)=O. The first-order valence-electron chi connectivity index (χ1n) is 12.2. The number of rotatable bonds is 13. The van der Waals surface area contributed by atoms with Gasteiger partial charge in [-0.1, -0.05) is 25.1 Å². The zero-order valence-corrected chi connectivity index (χ0v) is 23.0. The number of nitrogens with one attached hydrogen (secondary N) is 1. The van der Waals surface area contributed by atoms with Gasteiger partial charge in [0.2, 0.25) is 21.8 Å². The second-order valence-electron chi connectivity index (χ2n) is 9.05. The number of carbonyl (C=O) groups is 2. The Labute approximate surface area is 215 Å². The summed E-state index contributed by atoms with van der Waals surface area (Å²) in [4.78, 5) is 27.6. The van der Waals surface area contributed by atoms with Crippen molar-refractivity contribution in [2.45, 2.75) is 59.5 Å². The first kappa shape index (κ1) is 29.2. The van der Waals surface area contributed by atoms with Crippen molar-refractivity contribution in [3.05, 3.63) is 59.2 Å². The fourth-order valence-electron chi connectivity index (χ4n) is 3.83. The summed E-state index contributed by atoms with van der Waals surface area (Å²) in [6, 6.07) is 12.2. The van der Waals surface area contributed by atoms with Crippen molar-refractivity contribution in [1.29, 1.82) is 0 Å². The van der Waals surface area contributed by atoms with Crippen LogP contribution in [0, 0.1) is 13.8 Å². The normalized spacial score (nSPS) is 12.1.